The van der Waals surface area contributed by atoms with Crippen molar-refractivity contribution < 1.29 is 0 Å². The maximum Gasteiger partial charge on any atom is 0.0363 e. The molecule has 0 aliphatic carbocycles. The van der Waals surface area contributed by atoms with Crippen LogP contribution < -0.4 is 5.73 Å². The van der Waals surface area contributed by atoms with Crippen molar-refractivity contribution in [3.05, 3.63) is 29.3 Å². The van der Waals surface area contributed by atoms with Gasteiger partial charge in [-0.25, -0.2) is 0 Å². The molecule has 1 aromatic rings. The Bertz CT molecular complexity index is 371. The number of nitrogens with zero attached hydrogens (tertiary/aromatic N) is 1. The Morgan fingerprint density at radius 2 is 2.06 bits per heavy atom. The lowest BCUT2D eigenvalue weighted by Crippen LogP contribution is -2.34. The molecule has 0 saturated carbocycles. The minimum Gasteiger partial charge on any atom is -0.398 e. The molecule has 0 bridgehead atoms. The van der Waals surface area contributed by atoms with E-state index in [2.05, 4.69) is 37.8 Å². The van der Waals surface area contributed by atoms with Crippen molar-refractivity contribution in [2.75, 3.05) is 5.73 Å². The van der Waals surface area contributed by atoms with Gasteiger partial charge in [-0.3, -0.25) is 4.90 Å². The molecule has 0 radical (unpaired) electrons. The monoisotopic (exact) mass is 218 g/mol. The minimum atomic E-state index is 0.673. The van der Waals surface area contributed by atoms with Crippen molar-refractivity contribution in [3.63, 3.8) is 0 Å². The maximum absolute atomic E-state index is 6.03. The molecule has 0 amide bonds. The van der Waals surface area contributed by atoms with Crippen LogP contribution in [0.1, 0.15) is 38.3 Å². The third-order valence-electron chi connectivity index (χ3n) is 3.70. The Hall–Kier alpha value is -1.02. The fourth-order valence-corrected chi connectivity index (χ4v) is 2.86. The number of hydrogen-bond acceptors (Lipinski definition) is 2. The molecule has 2 rings (SSSR count). The SMILES string of the molecule is CCC(C(C)C)N1Cc2cccc(N)c2C1. The molecule has 1 aliphatic heterocycles. The van der Waals surface area contributed by atoms with Crippen LogP contribution in [0.2, 0.25) is 0 Å². The third kappa shape index (κ3) is 1.94. The molecule has 1 unspecified atom stereocenters. The van der Waals surface area contributed by atoms with Gasteiger partial charge >= 0.3 is 0 Å². The summed E-state index contributed by atoms with van der Waals surface area (Å²) < 4.78 is 0. The van der Waals surface area contributed by atoms with Gasteiger partial charge in [0.1, 0.15) is 0 Å². The van der Waals surface area contributed by atoms with Crippen LogP contribution in [-0.2, 0) is 13.1 Å². The van der Waals surface area contributed by atoms with Gasteiger partial charge in [-0.15, -0.1) is 0 Å². The van der Waals surface area contributed by atoms with Gasteiger partial charge in [-0.2, -0.15) is 0 Å². The Balaban J connectivity index is 2.19. The average Bonchev–Trinajstić information content (AvgIpc) is 2.63. The normalized spacial score (nSPS) is 17.8. The van der Waals surface area contributed by atoms with Crippen LogP contribution in [0.25, 0.3) is 0 Å². The van der Waals surface area contributed by atoms with E-state index in [1.807, 2.05) is 6.07 Å². The Morgan fingerprint density at radius 3 is 2.62 bits per heavy atom. The molecule has 88 valence electrons. The smallest absolute Gasteiger partial charge is 0.0363 e. The van der Waals surface area contributed by atoms with Gasteiger partial charge in [0.05, 0.1) is 0 Å². The maximum atomic E-state index is 6.03. The second kappa shape index (κ2) is 4.46. The number of benzene rings is 1. The lowest BCUT2D eigenvalue weighted by molar-refractivity contribution is 0.150. The Kier molecular flexibility index (Phi) is 3.20. The second-order valence-corrected chi connectivity index (χ2v) is 5.11. The number of nitrogens with two attached hydrogens (primary N) is 1. The first-order valence-corrected chi connectivity index (χ1v) is 6.23. The molecule has 2 N–H and O–H groups in total. The van der Waals surface area contributed by atoms with Crippen molar-refractivity contribution in [3.8, 4) is 0 Å². The summed E-state index contributed by atoms with van der Waals surface area (Å²) in [5.74, 6) is 0.709. The zero-order valence-corrected chi connectivity index (χ0v) is 10.5. The zero-order chi connectivity index (χ0) is 11.7. The molecule has 1 aromatic carbocycles. The van der Waals surface area contributed by atoms with Gasteiger partial charge in [0.2, 0.25) is 0 Å². The summed E-state index contributed by atoms with van der Waals surface area (Å²) in [5, 5.41) is 0. The van der Waals surface area contributed by atoms with E-state index in [1.54, 1.807) is 0 Å². The van der Waals surface area contributed by atoms with E-state index in [0.29, 0.717) is 12.0 Å². The van der Waals surface area contributed by atoms with Crippen LogP contribution in [-0.4, -0.2) is 10.9 Å². The van der Waals surface area contributed by atoms with Crippen LogP contribution in [0.4, 0.5) is 5.69 Å². The molecule has 0 saturated heterocycles. The molecular formula is C14H22N2. The van der Waals surface area contributed by atoms with Crippen LogP contribution in [0.3, 0.4) is 0 Å². The number of hydrogen-bond donors (Lipinski definition) is 1. The van der Waals surface area contributed by atoms with Crippen molar-refractivity contribution in [2.45, 2.75) is 46.3 Å². The van der Waals surface area contributed by atoms with Crippen molar-refractivity contribution in [1.82, 2.24) is 4.90 Å². The van der Waals surface area contributed by atoms with E-state index in [1.165, 1.54) is 17.5 Å². The predicted molar refractivity (Wildman–Crippen MR) is 69.0 cm³/mol. The molecule has 1 aliphatic rings. The first kappa shape index (κ1) is 11.5. The molecule has 2 nitrogen and oxygen atoms in total. The summed E-state index contributed by atoms with van der Waals surface area (Å²) in [7, 11) is 0. The molecule has 0 aromatic heterocycles. The van der Waals surface area contributed by atoms with E-state index in [9.17, 15) is 0 Å². The van der Waals surface area contributed by atoms with Gasteiger partial charge in [-0.1, -0.05) is 32.9 Å². The van der Waals surface area contributed by atoms with Crippen molar-refractivity contribution in [2.24, 2.45) is 5.92 Å². The molecule has 2 heteroatoms. The largest absolute Gasteiger partial charge is 0.398 e. The molecule has 1 atom stereocenters. The third-order valence-corrected chi connectivity index (χ3v) is 3.70. The summed E-state index contributed by atoms with van der Waals surface area (Å²) >= 11 is 0. The van der Waals surface area contributed by atoms with Crippen LogP contribution >= 0.6 is 0 Å². The number of anilines is 1. The average molecular weight is 218 g/mol. The predicted octanol–water partition coefficient (Wildman–Crippen LogP) is 3.02. The second-order valence-electron chi connectivity index (χ2n) is 5.11. The minimum absolute atomic E-state index is 0.673. The van der Waals surface area contributed by atoms with E-state index < -0.39 is 0 Å². The summed E-state index contributed by atoms with van der Waals surface area (Å²) in [5.41, 5.74) is 9.75. The van der Waals surface area contributed by atoms with Gasteiger partial charge in [-0.05, 0) is 29.5 Å². The molecule has 16 heavy (non-hydrogen) atoms. The van der Waals surface area contributed by atoms with Crippen molar-refractivity contribution >= 4 is 5.69 Å². The van der Waals surface area contributed by atoms with Gasteiger partial charge < -0.3 is 5.73 Å². The molecule has 0 spiro atoms. The number of fused-ring (bicyclic) bond motifs is 1. The highest BCUT2D eigenvalue weighted by atomic mass is 15.2. The highest BCUT2D eigenvalue weighted by Gasteiger charge is 2.27. The summed E-state index contributed by atoms with van der Waals surface area (Å²) in [6, 6.07) is 6.96. The Labute approximate surface area is 98.4 Å². The van der Waals surface area contributed by atoms with Crippen LogP contribution in [0, 0.1) is 5.92 Å². The fourth-order valence-electron chi connectivity index (χ4n) is 2.86. The van der Waals surface area contributed by atoms with Gasteiger partial charge in [0, 0.05) is 24.8 Å². The first-order valence-electron chi connectivity index (χ1n) is 6.23. The molecule has 1 heterocycles. The topological polar surface area (TPSA) is 29.3 Å². The highest BCUT2D eigenvalue weighted by Crippen LogP contribution is 2.31. The van der Waals surface area contributed by atoms with Crippen molar-refractivity contribution in [1.29, 1.82) is 0 Å². The van der Waals surface area contributed by atoms with E-state index in [4.69, 9.17) is 5.73 Å². The van der Waals surface area contributed by atoms with E-state index in [0.717, 1.165) is 18.8 Å². The summed E-state index contributed by atoms with van der Waals surface area (Å²) in [6.07, 6.45) is 1.21. The van der Waals surface area contributed by atoms with Gasteiger partial charge in [0.25, 0.3) is 0 Å². The summed E-state index contributed by atoms with van der Waals surface area (Å²) in [6.45, 7) is 8.98. The van der Waals surface area contributed by atoms with Gasteiger partial charge in [0.15, 0.2) is 0 Å². The molecular weight excluding hydrogens is 196 g/mol. The number of nitrogen functional groups attached to an aromatic ring is 1. The fraction of sp³-hybridized carbons (Fsp3) is 0.571. The summed E-state index contributed by atoms with van der Waals surface area (Å²) in [4.78, 5) is 2.56. The lowest BCUT2D eigenvalue weighted by atomic mass is 10.0. The molecule has 0 fully saturated rings. The van der Waals surface area contributed by atoms with E-state index >= 15 is 0 Å². The first-order chi connectivity index (χ1) is 7.63. The van der Waals surface area contributed by atoms with Crippen LogP contribution in [0.15, 0.2) is 18.2 Å². The standard InChI is InChI=1S/C14H22N2/c1-4-14(10(2)3)16-8-11-6-5-7-13(15)12(11)9-16/h5-7,10,14H,4,8-9,15H2,1-3H3. The lowest BCUT2D eigenvalue weighted by Gasteiger charge is -2.29. The van der Waals surface area contributed by atoms with E-state index in [-0.39, 0.29) is 0 Å². The quantitative estimate of drug-likeness (QED) is 0.790. The number of rotatable bonds is 3. The Morgan fingerprint density at radius 1 is 1.31 bits per heavy atom. The highest BCUT2D eigenvalue weighted by molar-refractivity contribution is 5.52. The van der Waals surface area contributed by atoms with Crippen LogP contribution in [0.5, 0.6) is 0 Å². The zero-order valence-electron chi connectivity index (χ0n) is 10.5.